The lowest BCUT2D eigenvalue weighted by atomic mass is 9.80. The Bertz CT molecular complexity index is 3800. The molecule has 3 heterocycles. The van der Waals surface area contributed by atoms with Crippen molar-refractivity contribution in [1.29, 1.82) is 0 Å². The van der Waals surface area contributed by atoms with Crippen LogP contribution in [-0.2, 0) is 0 Å². The van der Waals surface area contributed by atoms with Crippen molar-refractivity contribution >= 4 is 65.9 Å². The Kier molecular flexibility index (Phi) is 8.01. The van der Waals surface area contributed by atoms with Crippen molar-refractivity contribution in [3.8, 4) is 39.9 Å². The van der Waals surface area contributed by atoms with E-state index in [9.17, 15) is 0 Å². The van der Waals surface area contributed by atoms with E-state index in [0.29, 0.717) is 29.3 Å². The van der Waals surface area contributed by atoms with Crippen LogP contribution in [0.15, 0.2) is 194 Å². The molecule has 0 amide bonds. The average molecular weight is 808 g/mol. The van der Waals surface area contributed by atoms with E-state index in [-0.39, 0.29) is 6.04 Å². The van der Waals surface area contributed by atoms with Gasteiger partial charge in [-0.1, -0.05) is 177 Å². The molecule has 298 valence electrons. The SMILES string of the molecule is CC1C=c2c(c3c4ccccc4ccc3n2-c2cc(-c3nc(-c4ccccc4)nc(-c4ccc5c6ccccc6n(C6C=CC=CC6)c5c4)n3)cc3ccccc23)=C2C=CC=CC21. The van der Waals surface area contributed by atoms with Crippen molar-refractivity contribution in [1.82, 2.24) is 24.1 Å². The first-order chi connectivity index (χ1) is 31.2. The van der Waals surface area contributed by atoms with Gasteiger partial charge >= 0.3 is 0 Å². The molecule has 10 aromatic rings. The fourth-order valence-corrected chi connectivity index (χ4v) is 10.6. The van der Waals surface area contributed by atoms with Gasteiger partial charge in [0, 0.05) is 54.9 Å². The highest BCUT2D eigenvalue weighted by Gasteiger charge is 2.27. The molecule has 3 atom stereocenters. The molecule has 5 nitrogen and oxygen atoms in total. The summed E-state index contributed by atoms with van der Waals surface area (Å²) >= 11 is 0. The smallest absolute Gasteiger partial charge is 0.164 e. The molecular weight excluding hydrogens is 767 g/mol. The third-order valence-corrected chi connectivity index (χ3v) is 13.5. The molecule has 0 saturated carbocycles. The molecule has 3 aromatic heterocycles. The molecule has 0 N–H and O–H groups in total. The summed E-state index contributed by atoms with van der Waals surface area (Å²) in [7, 11) is 0. The maximum atomic E-state index is 5.39. The summed E-state index contributed by atoms with van der Waals surface area (Å²) in [5.74, 6) is 2.56. The van der Waals surface area contributed by atoms with Gasteiger partial charge in [0.05, 0.1) is 28.1 Å². The highest BCUT2D eigenvalue weighted by Crippen LogP contribution is 2.39. The van der Waals surface area contributed by atoms with Crippen LogP contribution in [0.2, 0.25) is 0 Å². The van der Waals surface area contributed by atoms with E-state index in [1.807, 2.05) is 18.2 Å². The lowest BCUT2D eigenvalue weighted by molar-refractivity contribution is 0.646. The quantitative estimate of drug-likeness (QED) is 0.174. The molecule has 0 spiro atoms. The van der Waals surface area contributed by atoms with Crippen LogP contribution in [0.5, 0.6) is 0 Å². The van der Waals surface area contributed by atoms with Crippen LogP contribution in [0.1, 0.15) is 19.4 Å². The van der Waals surface area contributed by atoms with Gasteiger partial charge in [0.15, 0.2) is 17.5 Å². The summed E-state index contributed by atoms with van der Waals surface area (Å²) in [5, 5.41) is 11.1. The first kappa shape index (κ1) is 35.8. The van der Waals surface area contributed by atoms with E-state index < -0.39 is 0 Å². The fourth-order valence-electron chi connectivity index (χ4n) is 10.6. The van der Waals surface area contributed by atoms with Crippen LogP contribution in [0.4, 0.5) is 0 Å². The minimum atomic E-state index is 0.209. The molecule has 3 aliphatic rings. The number of nitrogens with zero attached hydrogens (tertiary/aromatic N) is 5. The molecule has 0 saturated heterocycles. The van der Waals surface area contributed by atoms with Crippen LogP contribution < -0.4 is 10.6 Å². The molecule has 0 fully saturated rings. The molecule has 0 bridgehead atoms. The summed E-state index contributed by atoms with van der Waals surface area (Å²) in [4.78, 5) is 15.9. The Labute approximate surface area is 364 Å². The van der Waals surface area contributed by atoms with Gasteiger partial charge in [0.1, 0.15) is 0 Å². The zero-order valence-electron chi connectivity index (χ0n) is 34.7. The summed E-state index contributed by atoms with van der Waals surface area (Å²) in [6, 6.07) is 52.6. The number of allylic oxidation sites excluding steroid dienone is 8. The fraction of sp³-hybridized carbons (Fsp3) is 0.0862. The highest BCUT2D eigenvalue weighted by atomic mass is 15.0. The summed E-state index contributed by atoms with van der Waals surface area (Å²) < 4.78 is 4.99. The molecule has 3 unspecified atom stereocenters. The zero-order chi connectivity index (χ0) is 41.6. The van der Waals surface area contributed by atoms with Crippen molar-refractivity contribution in [3.05, 3.63) is 205 Å². The Balaban J connectivity index is 1.08. The topological polar surface area (TPSA) is 48.5 Å². The van der Waals surface area contributed by atoms with E-state index >= 15 is 0 Å². The largest absolute Gasteiger partial charge is 0.333 e. The van der Waals surface area contributed by atoms with E-state index in [4.69, 9.17) is 15.0 Å². The van der Waals surface area contributed by atoms with Crippen LogP contribution in [0.3, 0.4) is 0 Å². The maximum absolute atomic E-state index is 5.39. The van der Waals surface area contributed by atoms with Gasteiger partial charge in [-0.25, -0.2) is 15.0 Å². The molecule has 0 aliphatic heterocycles. The van der Waals surface area contributed by atoms with Gasteiger partial charge in [-0.3, -0.25) is 0 Å². The van der Waals surface area contributed by atoms with Crippen LogP contribution in [-0.4, -0.2) is 24.1 Å². The number of aromatic nitrogens is 5. The van der Waals surface area contributed by atoms with Gasteiger partial charge < -0.3 is 9.13 Å². The minimum Gasteiger partial charge on any atom is -0.333 e. The van der Waals surface area contributed by atoms with Crippen LogP contribution >= 0.6 is 0 Å². The van der Waals surface area contributed by atoms with E-state index in [1.54, 1.807) is 0 Å². The van der Waals surface area contributed by atoms with Crippen molar-refractivity contribution < 1.29 is 0 Å². The van der Waals surface area contributed by atoms with Crippen molar-refractivity contribution in [3.63, 3.8) is 0 Å². The van der Waals surface area contributed by atoms with Crippen molar-refractivity contribution in [2.24, 2.45) is 11.8 Å². The lowest BCUT2D eigenvalue weighted by Gasteiger charge is -2.25. The average Bonchev–Trinajstić information content (AvgIpc) is 3.87. The van der Waals surface area contributed by atoms with Crippen LogP contribution in [0, 0.1) is 11.8 Å². The van der Waals surface area contributed by atoms with E-state index in [1.165, 1.54) is 65.0 Å². The van der Waals surface area contributed by atoms with Gasteiger partial charge in [-0.15, -0.1) is 0 Å². The van der Waals surface area contributed by atoms with Gasteiger partial charge in [-0.05, 0) is 64.4 Å². The van der Waals surface area contributed by atoms with Crippen molar-refractivity contribution in [2.45, 2.75) is 19.4 Å². The second-order valence-corrected chi connectivity index (χ2v) is 17.2. The summed E-state index contributed by atoms with van der Waals surface area (Å²) in [5.41, 5.74) is 8.89. The number of rotatable bonds is 5. The predicted molar refractivity (Wildman–Crippen MR) is 261 cm³/mol. The number of benzene rings is 7. The van der Waals surface area contributed by atoms with Gasteiger partial charge in [0.25, 0.3) is 0 Å². The van der Waals surface area contributed by atoms with Crippen molar-refractivity contribution in [2.75, 3.05) is 0 Å². The summed E-state index contributed by atoms with van der Waals surface area (Å²) in [6.45, 7) is 2.35. The Morgan fingerprint density at radius 3 is 2.08 bits per heavy atom. The van der Waals surface area contributed by atoms with E-state index in [2.05, 4.69) is 198 Å². The number of para-hydroxylation sites is 1. The third-order valence-electron chi connectivity index (χ3n) is 13.5. The first-order valence-corrected chi connectivity index (χ1v) is 22.0. The molecular formula is C58H41N5. The third kappa shape index (κ3) is 5.59. The summed E-state index contributed by atoms with van der Waals surface area (Å²) in [6.07, 6.45) is 21.4. The van der Waals surface area contributed by atoms with Gasteiger partial charge in [0.2, 0.25) is 0 Å². The molecule has 63 heavy (non-hydrogen) atoms. The predicted octanol–water partition coefficient (Wildman–Crippen LogP) is 12.6. The second-order valence-electron chi connectivity index (χ2n) is 17.2. The first-order valence-electron chi connectivity index (χ1n) is 22.0. The Morgan fingerprint density at radius 2 is 1.24 bits per heavy atom. The Hall–Kier alpha value is -7.89. The molecule has 13 rings (SSSR count). The number of hydrogen-bond acceptors (Lipinski definition) is 3. The maximum Gasteiger partial charge on any atom is 0.164 e. The lowest BCUT2D eigenvalue weighted by Crippen LogP contribution is -2.37. The molecule has 5 heteroatoms. The number of hydrogen-bond donors (Lipinski definition) is 0. The second kappa shape index (κ2) is 14.1. The molecule has 7 aromatic carbocycles. The number of fused-ring (bicyclic) bond motifs is 10. The standard InChI is InChI=1S/C58H41N5/c1-36-32-53-55(48-26-13-12-22-43(36)48)54-45-24-11-8-16-37(45)29-31-50(54)63(53)51-35-41(33-39-19-9-10-23-44(39)51)58-60-56(38-17-4-2-5-18-38)59-57(61-58)40-28-30-47-46-25-14-15-27-49(46)62(52(47)34-40)42-20-6-3-7-21-42/h2-20,22-36,42-43H,21H2,1H3. The Morgan fingerprint density at radius 1 is 0.524 bits per heavy atom. The van der Waals surface area contributed by atoms with Crippen LogP contribution in [0.25, 0.3) is 106 Å². The normalized spacial score (nSPS) is 17.9. The molecule has 3 aliphatic carbocycles. The molecule has 0 radical (unpaired) electrons. The monoisotopic (exact) mass is 807 g/mol. The van der Waals surface area contributed by atoms with E-state index in [0.717, 1.165) is 34.2 Å². The zero-order valence-corrected chi connectivity index (χ0v) is 34.7. The minimum absolute atomic E-state index is 0.209. The van der Waals surface area contributed by atoms with Gasteiger partial charge in [-0.2, -0.15) is 0 Å². The highest BCUT2D eigenvalue weighted by molar-refractivity contribution is 6.10.